The normalized spacial score (nSPS) is 25.5. The summed E-state index contributed by atoms with van der Waals surface area (Å²) in [7, 11) is 0. The van der Waals surface area contributed by atoms with E-state index < -0.39 is 5.97 Å². The minimum absolute atomic E-state index is 0.0231. The highest BCUT2D eigenvalue weighted by Crippen LogP contribution is 2.37. The van der Waals surface area contributed by atoms with Gasteiger partial charge in [-0.2, -0.15) is 0 Å². The fraction of sp³-hybridized carbons (Fsp3) is 0.688. The molecule has 2 aliphatic rings. The predicted molar refractivity (Wildman–Crippen MR) is 84.3 cm³/mol. The summed E-state index contributed by atoms with van der Waals surface area (Å²) < 4.78 is 0. The zero-order valence-electron chi connectivity index (χ0n) is 12.8. The minimum atomic E-state index is -0.755. The predicted octanol–water partition coefficient (Wildman–Crippen LogP) is 3.09. The molecule has 0 saturated heterocycles. The average molecular weight is 322 g/mol. The molecule has 2 atom stereocenters. The van der Waals surface area contributed by atoms with Crippen LogP contribution in [0.15, 0.2) is 0 Å². The molecule has 2 N–H and O–H groups in total. The Bertz CT molecular complexity index is 578. The molecule has 5 nitrogen and oxygen atoms in total. The third-order valence-corrected chi connectivity index (χ3v) is 6.16. The number of aromatic nitrogens is 1. The van der Waals surface area contributed by atoms with Crippen LogP contribution >= 0.6 is 11.3 Å². The van der Waals surface area contributed by atoms with Crippen LogP contribution in [-0.4, -0.2) is 28.0 Å². The molecule has 0 spiro atoms. The Morgan fingerprint density at radius 1 is 1.23 bits per heavy atom. The molecule has 3 rings (SSSR count). The fourth-order valence-electron chi connectivity index (χ4n) is 3.56. The van der Waals surface area contributed by atoms with E-state index in [1.807, 2.05) is 6.92 Å². The van der Waals surface area contributed by atoms with Gasteiger partial charge in [0.2, 0.25) is 0 Å². The maximum Gasteiger partial charge on any atom is 0.306 e. The van der Waals surface area contributed by atoms with Crippen LogP contribution in [0.1, 0.15) is 71.2 Å². The van der Waals surface area contributed by atoms with Crippen LogP contribution in [-0.2, 0) is 4.79 Å². The molecule has 1 aromatic heterocycles. The van der Waals surface area contributed by atoms with Crippen LogP contribution in [0, 0.1) is 12.8 Å². The fourth-order valence-corrected chi connectivity index (χ4v) is 4.70. The van der Waals surface area contributed by atoms with E-state index in [-0.39, 0.29) is 17.9 Å². The molecule has 120 valence electrons. The van der Waals surface area contributed by atoms with Crippen molar-refractivity contribution in [3.63, 3.8) is 0 Å². The summed E-state index contributed by atoms with van der Waals surface area (Å²) in [5.74, 6) is -0.639. The summed E-state index contributed by atoms with van der Waals surface area (Å²) in [6.07, 6.45) is 6.79. The Kier molecular flexibility index (Phi) is 4.47. The standard InChI is InChI=1S/C16H22N2O3S/c1-9-13(22-15(17-9)10-4-2-3-5-10)14(19)18-12-7-6-11(8-12)16(20)21/h10-12H,2-8H2,1H3,(H,18,19)(H,20,21)/t11-,12+/m0/s1. The summed E-state index contributed by atoms with van der Waals surface area (Å²) in [5, 5.41) is 13.1. The Hall–Kier alpha value is -1.43. The number of rotatable bonds is 4. The number of hydrogen-bond acceptors (Lipinski definition) is 4. The van der Waals surface area contributed by atoms with Gasteiger partial charge in [0.1, 0.15) is 4.88 Å². The maximum absolute atomic E-state index is 12.4. The summed E-state index contributed by atoms with van der Waals surface area (Å²) in [6.45, 7) is 1.89. The number of amides is 1. The lowest BCUT2D eigenvalue weighted by molar-refractivity contribution is -0.141. The summed E-state index contributed by atoms with van der Waals surface area (Å²) >= 11 is 1.52. The number of hydrogen-bond donors (Lipinski definition) is 2. The molecule has 6 heteroatoms. The van der Waals surface area contributed by atoms with Crippen molar-refractivity contribution >= 4 is 23.2 Å². The Balaban J connectivity index is 1.64. The first-order chi connectivity index (χ1) is 10.5. The second-order valence-electron chi connectivity index (χ2n) is 6.47. The van der Waals surface area contributed by atoms with Crippen molar-refractivity contribution in [2.45, 2.75) is 63.8 Å². The monoisotopic (exact) mass is 322 g/mol. The number of thiazole rings is 1. The van der Waals surface area contributed by atoms with E-state index in [1.165, 1.54) is 37.0 Å². The Morgan fingerprint density at radius 2 is 1.95 bits per heavy atom. The number of carboxylic acid groups (broad SMARTS) is 1. The van der Waals surface area contributed by atoms with Gasteiger partial charge < -0.3 is 10.4 Å². The minimum Gasteiger partial charge on any atom is -0.481 e. The molecule has 1 amide bonds. The SMILES string of the molecule is Cc1nc(C2CCCC2)sc1C(=O)N[C@@H]1CC[C@H](C(=O)O)C1. The second kappa shape index (κ2) is 6.36. The first-order valence-corrected chi connectivity index (χ1v) is 8.87. The summed E-state index contributed by atoms with van der Waals surface area (Å²) in [6, 6.07) is -0.0231. The molecule has 0 aliphatic heterocycles. The smallest absolute Gasteiger partial charge is 0.306 e. The van der Waals surface area contributed by atoms with Gasteiger partial charge in [0, 0.05) is 12.0 Å². The topological polar surface area (TPSA) is 79.3 Å². The third kappa shape index (κ3) is 3.16. The largest absolute Gasteiger partial charge is 0.481 e. The van der Waals surface area contributed by atoms with Crippen molar-refractivity contribution in [1.82, 2.24) is 10.3 Å². The molecule has 0 radical (unpaired) electrons. The van der Waals surface area contributed by atoms with Crippen molar-refractivity contribution in [3.05, 3.63) is 15.6 Å². The van der Waals surface area contributed by atoms with Gasteiger partial charge in [-0.25, -0.2) is 4.98 Å². The van der Waals surface area contributed by atoms with E-state index in [9.17, 15) is 9.59 Å². The van der Waals surface area contributed by atoms with Crippen molar-refractivity contribution in [2.75, 3.05) is 0 Å². The van der Waals surface area contributed by atoms with Gasteiger partial charge in [-0.3, -0.25) is 9.59 Å². The van der Waals surface area contributed by atoms with Gasteiger partial charge in [-0.05, 0) is 39.0 Å². The lowest BCUT2D eigenvalue weighted by atomic mass is 10.1. The molecule has 2 saturated carbocycles. The number of carbonyl (C=O) groups is 2. The Labute approximate surface area is 134 Å². The number of carboxylic acids is 1. The number of nitrogens with zero attached hydrogens (tertiary/aromatic N) is 1. The Morgan fingerprint density at radius 3 is 2.59 bits per heavy atom. The van der Waals surface area contributed by atoms with Crippen LogP contribution in [0.25, 0.3) is 0 Å². The third-order valence-electron chi connectivity index (χ3n) is 4.84. The molecule has 0 bridgehead atoms. The zero-order chi connectivity index (χ0) is 15.7. The van der Waals surface area contributed by atoms with Gasteiger partial charge in [0.25, 0.3) is 5.91 Å². The maximum atomic E-state index is 12.4. The quantitative estimate of drug-likeness (QED) is 0.893. The molecule has 2 fully saturated rings. The van der Waals surface area contributed by atoms with Crippen LogP contribution < -0.4 is 5.32 Å². The lowest BCUT2D eigenvalue weighted by Crippen LogP contribution is -2.33. The number of nitrogens with one attached hydrogen (secondary N) is 1. The molecule has 2 aliphatic carbocycles. The highest BCUT2D eigenvalue weighted by Gasteiger charge is 2.31. The van der Waals surface area contributed by atoms with Gasteiger partial charge in [0.15, 0.2) is 0 Å². The first-order valence-electron chi connectivity index (χ1n) is 8.05. The van der Waals surface area contributed by atoms with Crippen molar-refractivity contribution in [1.29, 1.82) is 0 Å². The van der Waals surface area contributed by atoms with Gasteiger partial charge in [0.05, 0.1) is 16.6 Å². The molecule has 1 heterocycles. The zero-order valence-corrected chi connectivity index (χ0v) is 13.6. The summed E-state index contributed by atoms with van der Waals surface area (Å²) in [5.41, 5.74) is 0.803. The van der Waals surface area contributed by atoms with E-state index in [2.05, 4.69) is 10.3 Å². The van der Waals surface area contributed by atoms with Crippen LogP contribution in [0.5, 0.6) is 0 Å². The molecular weight excluding hydrogens is 300 g/mol. The first kappa shape index (κ1) is 15.5. The van der Waals surface area contributed by atoms with E-state index in [1.54, 1.807) is 0 Å². The van der Waals surface area contributed by atoms with Crippen molar-refractivity contribution in [3.8, 4) is 0 Å². The lowest BCUT2D eigenvalue weighted by Gasteiger charge is -2.11. The van der Waals surface area contributed by atoms with Crippen LogP contribution in [0.3, 0.4) is 0 Å². The van der Waals surface area contributed by atoms with E-state index in [0.717, 1.165) is 17.1 Å². The number of aryl methyl sites for hydroxylation is 1. The number of carbonyl (C=O) groups excluding carboxylic acids is 1. The van der Waals surface area contributed by atoms with Crippen molar-refractivity contribution in [2.24, 2.45) is 5.92 Å². The highest BCUT2D eigenvalue weighted by atomic mass is 32.1. The van der Waals surface area contributed by atoms with E-state index in [0.29, 0.717) is 23.6 Å². The van der Waals surface area contributed by atoms with Gasteiger partial charge in [-0.15, -0.1) is 11.3 Å². The van der Waals surface area contributed by atoms with E-state index >= 15 is 0 Å². The number of aliphatic carboxylic acids is 1. The van der Waals surface area contributed by atoms with Crippen LogP contribution in [0.4, 0.5) is 0 Å². The molecule has 0 aromatic carbocycles. The van der Waals surface area contributed by atoms with Gasteiger partial charge in [-0.1, -0.05) is 12.8 Å². The van der Waals surface area contributed by atoms with Crippen molar-refractivity contribution < 1.29 is 14.7 Å². The molecule has 0 unspecified atom stereocenters. The second-order valence-corrected chi connectivity index (χ2v) is 7.50. The van der Waals surface area contributed by atoms with Gasteiger partial charge >= 0.3 is 5.97 Å². The summed E-state index contributed by atoms with van der Waals surface area (Å²) in [4.78, 5) is 28.7. The molecule has 1 aromatic rings. The molecular formula is C16H22N2O3S. The highest BCUT2D eigenvalue weighted by molar-refractivity contribution is 7.13. The molecule has 22 heavy (non-hydrogen) atoms. The van der Waals surface area contributed by atoms with Crippen LogP contribution in [0.2, 0.25) is 0 Å². The van der Waals surface area contributed by atoms with E-state index in [4.69, 9.17) is 5.11 Å². The average Bonchev–Trinajstić information content (AvgIpc) is 3.16.